The molecule has 0 aromatic carbocycles. The van der Waals surface area contributed by atoms with Gasteiger partial charge in [0.2, 0.25) is 0 Å². The maximum absolute atomic E-state index is 10.9. The molecule has 3 rings (SSSR count). The van der Waals surface area contributed by atoms with Gasteiger partial charge in [-0.25, -0.2) is 9.48 Å². The number of hydrogen-bond donors (Lipinski definition) is 1. The first-order valence-electron chi connectivity index (χ1n) is 6.91. The molecule has 1 aromatic rings. The number of carboxylic acid groups (broad SMARTS) is 1. The highest BCUT2D eigenvalue weighted by Crippen LogP contribution is 2.43. The third-order valence-electron chi connectivity index (χ3n) is 4.42. The summed E-state index contributed by atoms with van der Waals surface area (Å²) in [6.45, 7) is 2.34. The van der Waals surface area contributed by atoms with Gasteiger partial charge in [-0.3, -0.25) is 0 Å². The van der Waals surface area contributed by atoms with E-state index in [1.807, 2.05) is 0 Å². The molecule has 2 fully saturated rings. The van der Waals surface area contributed by atoms with Crippen molar-refractivity contribution in [1.82, 2.24) is 15.0 Å². The fraction of sp³-hybridized carbons (Fsp3) is 0.769. The summed E-state index contributed by atoms with van der Waals surface area (Å²) in [5.74, 6) is -1.02. The summed E-state index contributed by atoms with van der Waals surface area (Å²) in [6, 6.07) is 0. The van der Waals surface area contributed by atoms with Gasteiger partial charge in [-0.2, -0.15) is 0 Å². The van der Waals surface area contributed by atoms with Crippen LogP contribution in [0, 0.1) is 6.92 Å². The lowest BCUT2D eigenvalue weighted by molar-refractivity contribution is -0.0432. The fourth-order valence-corrected chi connectivity index (χ4v) is 3.34. The Hall–Kier alpha value is -1.43. The lowest BCUT2D eigenvalue weighted by atomic mass is 9.98. The molecular weight excluding hydrogens is 246 g/mol. The molecule has 2 heterocycles. The Balaban J connectivity index is 1.68. The first kappa shape index (κ1) is 12.6. The molecule has 2 aliphatic rings. The molecule has 1 saturated carbocycles. The summed E-state index contributed by atoms with van der Waals surface area (Å²) in [7, 11) is 0. The van der Waals surface area contributed by atoms with Crippen LogP contribution in [-0.4, -0.2) is 37.8 Å². The summed E-state index contributed by atoms with van der Waals surface area (Å²) in [4.78, 5) is 10.9. The number of carbonyl (C=O) groups is 1. The Bertz CT molecular complexity index is 491. The maximum Gasteiger partial charge on any atom is 0.358 e. The minimum atomic E-state index is -1.02. The number of nitrogens with zero attached hydrogens (tertiary/aromatic N) is 3. The van der Waals surface area contributed by atoms with Crippen LogP contribution >= 0.6 is 0 Å². The number of hydrogen-bond acceptors (Lipinski definition) is 4. The normalized spacial score (nSPS) is 25.2. The van der Waals surface area contributed by atoms with E-state index in [2.05, 4.69) is 10.3 Å². The van der Waals surface area contributed by atoms with Gasteiger partial charge in [-0.15, -0.1) is 5.10 Å². The second kappa shape index (κ2) is 4.59. The molecule has 104 valence electrons. The summed E-state index contributed by atoms with van der Waals surface area (Å²) >= 11 is 0. The van der Waals surface area contributed by atoms with Crippen molar-refractivity contribution in [1.29, 1.82) is 0 Å². The monoisotopic (exact) mass is 265 g/mol. The van der Waals surface area contributed by atoms with Crippen molar-refractivity contribution in [3.8, 4) is 0 Å². The lowest BCUT2D eigenvalue weighted by Crippen LogP contribution is -2.27. The molecule has 1 spiro atoms. The van der Waals surface area contributed by atoms with E-state index in [9.17, 15) is 4.79 Å². The number of ether oxygens (including phenoxy) is 1. The summed E-state index contributed by atoms with van der Waals surface area (Å²) in [5, 5.41) is 16.6. The van der Waals surface area contributed by atoms with Crippen LogP contribution in [0.3, 0.4) is 0 Å². The van der Waals surface area contributed by atoms with Gasteiger partial charge in [0.05, 0.1) is 23.9 Å². The minimum Gasteiger partial charge on any atom is -0.476 e. The Kier molecular flexibility index (Phi) is 3.05. The van der Waals surface area contributed by atoms with Crippen molar-refractivity contribution in [3.05, 3.63) is 11.4 Å². The van der Waals surface area contributed by atoms with Crippen molar-refractivity contribution in [2.24, 2.45) is 0 Å². The minimum absolute atomic E-state index is 0.0357. The van der Waals surface area contributed by atoms with Crippen molar-refractivity contribution < 1.29 is 14.6 Å². The maximum atomic E-state index is 10.9. The molecular formula is C13H19N3O3. The van der Waals surface area contributed by atoms with Gasteiger partial charge in [0.1, 0.15) is 0 Å². The molecule has 1 atom stereocenters. The number of aromatic nitrogens is 3. The molecule has 0 radical (unpaired) electrons. The largest absolute Gasteiger partial charge is 0.476 e. The predicted octanol–water partition coefficient (Wildman–Crippen LogP) is 1.78. The van der Waals surface area contributed by atoms with Crippen LogP contribution in [0.1, 0.15) is 54.7 Å². The molecule has 1 saturated heterocycles. The van der Waals surface area contributed by atoms with E-state index < -0.39 is 5.97 Å². The van der Waals surface area contributed by atoms with Crippen molar-refractivity contribution in [2.75, 3.05) is 0 Å². The van der Waals surface area contributed by atoms with E-state index in [-0.39, 0.29) is 17.4 Å². The van der Waals surface area contributed by atoms with Gasteiger partial charge in [-0.1, -0.05) is 18.1 Å². The van der Waals surface area contributed by atoms with Crippen molar-refractivity contribution in [3.63, 3.8) is 0 Å². The Labute approximate surface area is 111 Å². The standard InChI is InChI=1S/C13H19N3O3/c1-9-11(12(17)18)14-15-16(9)8-10-4-7-13(19-10)5-2-3-6-13/h10H,2-8H2,1H3,(H,17,18). The van der Waals surface area contributed by atoms with E-state index in [1.54, 1.807) is 11.6 Å². The number of carboxylic acids is 1. The van der Waals surface area contributed by atoms with Crippen LogP contribution in [-0.2, 0) is 11.3 Å². The smallest absolute Gasteiger partial charge is 0.358 e. The highest BCUT2D eigenvalue weighted by Gasteiger charge is 2.42. The topological polar surface area (TPSA) is 77.2 Å². The summed E-state index contributed by atoms with van der Waals surface area (Å²) in [6.07, 6.45) is 7.15. The summed E-state index contributed by atoms with van der Waals surface area (Å²) < 4.78 is 7.86. The number of rotatable bonds is 3. The summed E-state index contributed by atoms with van der Waals surface area (Å²) in [5.41, 5.74) is 0.742. The van der Waals surface area contributed by atoms with Crippen molar-refractivity contribution in [2.45, 2.75) is 63.7 Å². The zero-order valence-electron chi connectivity index (χ0n) is 11.1. The average molecular weight is 265 g/mol. The van der Waals surface area contributed by atoms with Crippen LogP contribution in [0.5, 0.6) is 0 Å². The van der Waals surface area contributed by atoms with Gasteiger partial charge in [0.15, 0.2) is 5.69 Å². The van der Waals surface area contributed by atoms with Gasteiger partial charge in [0, 0.05) is 0 Å². The molecule has 1 aliphatic carbocycles. The highest BCUT2D eigenvalue weighted by molar-refractivity contribution is 5.86. The predicted molar refractivity (Wildman–Crippen MR) is 67.0 cm³/mol. The molecule has 19 heavy (non-hydrogen) atoms. The third kappa shape index (κ3) is 2.25. The van der Waals surface area contributed by atoms with Gasteiger partial charge in [-0.05, 0) is 32.6 Å². The zero-order chi connectivity index (χ0) is 13.5. The number of aromatic carboxylic acids is 1. The molecule has 1 N–H and O–H groups in total. The molecule has 1 unspecified atom stereocenters. The van der Waals surface area contributed by atoms with Crippen LogP contribution in [0.15, 0.2) is 0 Å². The van der Waals surface area contributed by atoms with E-state index in [0.717, 1.165) is 12.8 Å². The molecule has 1 aliphatic heterocycles. The Morgan fingerprint density at radius 3 is 2.84 bits per heavy atom. The van der Waals surface area contributed by atoms with E-state index >= 15 is 0 Å². The van der Waals surface area contributed by atoms with E-state index in [1.165, 1.54) is 25.7 Å². The second-order valence-corrected chi connectivity index (χ2v) is 5.68. The third-order valence-corrected chi connectivity index (χ3v) is 4.42. The van der Waals surface area contributed by atoms with Gasteiger partial charge >= 0.3 is 5.97 Å². The first-order chi connectivity index (χ1) is 9.10. The highest BCUT2D eigenvalue weighted by atomic mass is 16.5. The van der Waals surface area contributed by atoms with Crippen LogP contribution < -0.4 is 0 Å². The second-order valence-electron chi connectivity index (χ2n) is 5.68. The zero-order valence-corrected chi connectivity index (χ0v) is 11.1. The molecule has 6 nitrogen and oxygen atoms in total. The van der Waals surface area contributed by atoms with Crippen LogP contribution in [0.2, 0.25) is 0 Å². The van der Waals surface area contributed by atoms with Crippen LogP contribution in [0.25, 0.3) is 0 Å². The quantitative estimate of drug-likeness (QED) is 0.901. The SMILES string of the molecule is Cc1c(C(=O)O)nnn1CC1CCC2(CCCC2)O1. The van der Waals surface area contributed by atoms with Gasteiger partial charge < -0.3 is 9.84 Å². The Morgan fingerprint density at radius 1 is 1.47 bits per heavy atom. The van der Waals surface area contributed by atoms with Crippen molar-refractivity contribution >= 4 is 5.97 Å². The first-order valence-corrected chi connectivity index (χ1v) is 6.91. The van der Waals surface area contributed by atoms with E-state index in [0.29, 0.717) is 12.2 Å². The fourth-order valence-electron chi connectivity index (χ4n) is 3.34. The van der Waals surface area contributed by atoms with Crippen LogP contribution in [0.4, 0.5) is 0 Å². The molecule has 6 heteroatoms. The molecule has 1 aromatic heterocycles. The molecule has 0 bridgehead atoms. The average Bonchev–Trinajstić information content (AvgIpc) is 3.05. The van der Waals surface area contributed by atoms with E-state index in [4.69, 9.17) is 9.84 Å². The van der Waals surface area contributed by atoms with Gasteiger partial charge in [0.25, 0.3) is 0 Å². The lowest BCUT2D eigenvalue weighted by Gasteiger charge is -2.23. The molecule has 0 amide bonds. The Morgan fingerprint density at radius 2 is 2.21 bits per heavy atom.